The quantitative estimate of drug-likeness (QED) is 0.942. The van der Waals surface area contributed by atoms with Crippen molar-refractivity contribution in [1.29, 1.82) is 0 Å². The number of rotatable bonds is 4. The van der Waals surface area contributed by atoms with Crippen LogP contribution in [0.2, 0.25) is 0 Å². The fourth-order valence-corrected chi connectivity index (χ4v) is 3.54. The molecule has 0 aliphatic heterocycles. The number of aryl methyl sites for hydroxylation is 2. The number of hydrogen-bond acceptors (Lipinski definition) is 5. The molecule has 0 fully saturated rings. The molecule has 0 aliphatic rings. The first-order valence-corrected chi connectivity index (χ1v) is 7.83. The molecule has 102 valence electrons. The number of anilines is 1. The van der Waals surface area contributed by atoms with E-state index in [1.54, 1.807) is 12.1 Å². The van der Waals surface area contributed by atoms with Crippen LogP contribution >= 0.6 is 11.3 Å². The maximum atomic E-state index is 12.2. The van der Waals surface area contributed by atoms with Gasteiger partial charge in [-0.15, -0.1) is 11.3 Å². The van der Waals surface area contributed by atoms with Crippen LogP contribution in [0.25, 0.3) is 0 Å². The van der Waals surface area contributed by atoms with E-state index in [1.165, 1.54) is 30.6 Å². The van der Waals surface area contributed by atoms with E-state index in [0.717, 1.165) is 10.6 Å². The van der Waals surface area contributed by atoms with Crippen LogP contribution in [0.3, 0.4) is 0 Å². The molecule has 0 radical (unpaired) electrons. The predicted octanol–water partition coefficient (Wildman–Crippen LogP) is 2.57. The van der Waals surface area contributed by atoms with E-state index in [-0.39, 0.29) is 4.90 Å². The molecule has 5 nitrogen and oxygen atoms in total. The summed E-state index contributed by atoms with van der Waals surface area (Å²) < 4.78 is 31.9. The normalized spacial score (nSPS) is 11.3. The molecule has 0 unspecified atom stereocenters. The SMILES string of the molecule is COc1cccc(S(=O)(=O)Nc2nc(C)c(C)s2)c1. The summed E-state index contributed by atoms with van der Waals surface area (Å²) in [5.41, 5.74) is 0.827. The number of benzene rings is 1. The van der Waals surface area contributed by atoms with E-state index in [2.05, 4.69) is 9.71 Å². The molecule has 1 aromatic carbocycles. The van der Waals surface area contributed by atoms with E-state index in [1.807, 2.05) is 13.8 Å². The van der Waals surface area contributed by atoms with Crippen LogP contribution in [0.5, 0.6) is 5.75 Å². The molecule has 0 aliphatic carbocycles. The summed E-state index contributed by atoms with van der Waals surface area (Å²) in [6.45, 7) is 3.74. The number of aromatic nitrogens is 1. The van der Waals surface area contributed by atoms with E-state index >= 15 is 0 Å². The average Bonchev–Trinajstić information content (AvgIpc) is 2.67. The van der Waals surface area contributed by atoms with Gasteiger partial charge in [0.05, 0.1) is 17.7 Å². The van der Waals surface area contributed by atoms with Crippen LogP contribution in [-0.2, 0) is 10.0 Å². The van der Waals surface area contributed by atoms with Crippen LogP contribution in [0.15, 0.2) is 29.2 Å². The first-order chi connectivity index (χ1) is 8.92. The van der Waals surface area contributed by atoms with Gasteiger partial charge >= 0.3 is 0 Å². The Hall–Kier alpha value is -1.60. The summed E-state index contributed by atoms with van der Waals surface area (Å²) >= 11 is 1.31. The maximum Gasteiger partial charge on any atom is 0.263 e. The van der Waals surface area contributed by atoms with Gasteiger partial charge in [0, 0.05) is 10.9 Å². The van der Waals surface area contributed by atoms with Crippen LogP contribution < -0.4 is 9.46 Å². The van der Waals surface area contributed by atoms with Gasteiger partial charge in [0.2, 0.25) is 0 Å². The molecular weight excluding hydrogens is 284 g/mol. The predicted molar refractivity (Wildman–Crippen MR) is 75.4 cm³/mol. The lowest BCUT2D eigenvalue weighted by molar-refractivity contribution is 0.413. The first-order valence-electron chi connectivity index (χ1n) is 5.53. The van der Waals surface area contributed by atoms with Crippen molar-refractivity contribution in [3.8, 4) is 5.75 Å². The summed E-state index contributed by atoms with van der Waals surface area (Å²) in [7, 11) is -2.14. The third-order valence-corrected chi connectivity index (χ3v) is 5.06. The number of nitrogens with one attached hydrogen (secondary N) is 1. The topological polar surface area (TPSA) is 68.3 Å². The Morgan fingerprint density at radius 2 is 2.05 bits per heavy atom. The van der Waals surface area contributed by atoms with Crippen LogP contribution in [0, 0.1) is 13.8 Å². The molecule has 1 N–H and O–H groups in total. The second-order valence-corrected chi connectivity index (χ2v) is 6.83. The standard InChI is InChI=1S/C12H14N2O3S2/c1-8-9(2)18-12(13-8)14-19(15,16)11-6-4-5-10(7-11)17-3/h4-7H,1-3H3,(H,13,14). The zero-order valence-corrected chi connectivity index (χ0v) is 12.4. The highest BCUT2D eigenvalue weighted by Gasteiger charge is 2.17. The number of sulfonamides is 1. The lowest BCUT2D eigenvalue weighted by atomic mass is 10.3. The molecule has 19 heavy (non-hydrogen) atoms. The monoisotopic (exact) mass is 298 g/mol. The van der Waals surface area contributed by atoms with Gasteiger partial charge in [-0.2, -0.15) is 0 Å². The smallest absolute Gasteiger partial charge is 0.263 e. The van der Waals surface area contributed by atoms with Gasteiger partial charge in [0.1, 0.15) is 5.75 Å². The fourth-order valence-electron chi connectivity index (χ4n) is 1.46. The van der Waals surface area contributed by atoms with Crippen LogP contribution in [0.1, 0.15) is 10.6 Å². The Labute approximate surface area is 116 Å². The van der Waals surface area contributed by atoms with Crippen LogP contribution in [-0.4, -0.2) is 20.5 Å². The van der Waals surface area contributed by atoms with E-state index < -0.39 is 10.0 Å². The highest BCUT2D eigenvalue weighted by atomic mass is 32.2. The Morgan fingerprint density at radius 3 is 2.63 bits per heavy atom. The van der Waals surface area contributed by atoms with Gasteiger partial charge in [-0.25, -0.2) is 13.4 Å². The number of thiazole rings is 1. The van der Waals surface area contributed by atoms with Crippen molar-refractivity contribution in [1.82, 2.24) is 4.98 Å². The third kappa shape index (κ3) is 3.05. The average molecular weight is 298 g/mol. The molecule has 7 heteroatoms. The second kappa shape index (κ2) is 5.18. The van der Waals surface area contributed by atoms with Gasteiger partial charge in [-0.3, -0.25) is 4.72 Å². The number of ether oxygens (including phenoxy) is 1. The number of hydrogen-bond donors (Lipinski definition) is 1. The molecule has 0 amide bonds. The molecule has 0 saturated heterocycles. The van der Waals surface area contributed by atoms with E-state index in [9.17, 15) is 8.42 Å². The van der Waals surface area contributed by atoms with Crippen molar-refractivity contribution in [2.45, 2.75) is 18.7 Å². The van der Waals surface area contributed by atoms with Gasteiger partial charge < -0.3 is 4.74 Å². The number of nitrogens with zero attached hydrogens (tertiary/aromatic N) is 1. The largest absolute Gasteiger partial charge is 0.497 e. The van der Waals surface area contributed by atoms with Gasteiger partial charge in [-0.1, -0.05) is 6.07 Å². The van der Waals surface area contributed by atoms with E-state index in [0.29, 0.717) is 10.9 Å². The molecule has 0 spiro atoms. The lowest BCUT2D eigenvalue weighted by Gasteiger charge is -2.06. The van der Waals surface area contributed by atoms with Crippen molar-refractivity contribution in [2.75, 3.05) is 11.8 Å². The lowest BCUT2D eigenvalue weighted by Crippen LogP contribution is -2.12. The third-order valence-electron chi connectivity index (χ3n) is 2.60. The molecule has 0 bridgehead atoms. The Morgan fingerprint density at radius 1 is 1.32 bits per heavy atom. The highest BCUT2D eigenvalue weighted by Crippen LogP contribution is 2.25. The Kier molecular flexibility index (Phi) is 3.77. The van der Waals surface area contributed by atoms with Gasteiger partial charge in [0.15, 0.2) is 5.13 Å². The van der Waals surface area contributed by atoms with Gasteiger partial charge in [0.25, 0.3) is 10.0 Å². The molecule has 1 aromatic heterocycles. The van der Waals surface area contributed by atoms with Crippen LogP contribution in [0.4, 0.5) is 5.13 Å². The van der Waals surface area contributed by atoms with Gasteiger partial charge in [-0.05, 0) is 26.0 Å². The minimum absolute atomic E-state index is 0.150. The fraction of sp³-hybridized carbons (Fsp3) is 0.250. The number of methoxy groups -OCH3 is 1. The molecule has 0 atom stereocenters. The van der Waals surface area contributed by atoms with Crippen molar-refractivity contribution in [2.24, 2.45) is 0 Å². The summed E-state index contributed by atoms with van der Waals surface area (Å²) in [4.78, 5) is 5.30. The summed E-state index contributed by atoms with van der Waals surface area (Å²) in [5.74, 6) is 0.495. The molecule has 1 heterocycles. The minimum atomic E-state index is -3.63. The second-order valence-electron chi connectivity index (χ2n) is 3.95. The first kappa shape index (κ1) is 13.8. The Balaban J connectivity index is 2.31. The summed E-state index contributed by atoms with van der Waals surface area (Å²) in [5, 5.41) is 0.373. The molecular formula is C12H14N2O3S2. The zero-order valence-electron chi connectivity index (χ0n) is 10.8. The maximum absolute atomic E-state index is 12.2. The Bertz CT molecular complexity index is 673. The van der Waals surface area contributed by atoms with E-state index in [4.69, 9.17) is 4.74 Å². The summed E-state index contributed by atoms with van der Waals surface area (Å²) in [6.07, 6.45) is 0. The molecule has 2 rings (SSSR count). The molecule has 2 aromatic rings. The molecule has 0 saturated carbocycles. The minimum Gasteiger partial charge on any atom is -0.497 e. The van der Waals surface area contributed by atoms with Crippen molar-refractivity contribution < 1.29 is 13.2 Å². The van der Waals surface area contributed by atoms with Crippen molar-refractivity contribution in [3.05, 3.63) is 34.8 Å². The summed E-state index contributed by atoms with van der Waals surface area (Å²) in [6, 6.07) is 6.30. The zero-order chi connectivity index (χ0) is 14.0. The van der Waals surface area contributed by atoms with Crippen molar-refractivity contribution >= 4 is 26.5 Å². The van der Waals surface area contributed by atoms with Crippen molar-refractivity contribution in [3.63, 3.8) is 0 Å². The highest BCUT2D eigenvalue weighted by molar-refractivity contribution is 7.93.